The smallest absolute Gasteiger partial charge is 0.0642 e. The molecule has 1 saturated heterocycles. The van der Waals surface area contributed by atoms with E-state index in [9.17, 15) is 0 Å². The summed E-state index contributed by atoms with van der Waals surface area (Å²) in [5, 5.41) is 0. The number of hydrogen-bond donors (Lipinski definition) is 0. The molecule has 0 saturated carbocycles. The monoisotopic (exact) mass is 223 g/mol. The summed E-state index contributed by atoms with van der Waals surface area (Å²) in [6.45, 7) is 10.5. The fraction of sp³-hybridized carbons (Fsp3) is 0.714. The van der Waals surface area contributed by atoms with Gasteiger partial charge in [-0.25, -0.2) is 0 Å². The lowest BCUT2D eigenvalue weighted by Crippen LogP contribution is -2.31. The topological polar surface area (TPSA) is 12.5 Å². The van der Waals surface area contributed by atoms with E-state index in [0.29, 0.717) is 0 Å². The van der Waals surface area contributed by atoms with Crippen molar-refractivity contribution in [1.82, 2.24) is 4.90 Å². The van der Waals surface area contributed by atoms with Gasteiger partial charge in [0.05, 0.1) is 13.2 Å². The highest BCUT2D eigenvalue weighted by molar-refractivity contribution is 5.15. The molecule has 0 bridgehead atoms. The lowest BCUT2D eigenvalue weighted by molar-refractivity contribution is 0.0594. The predicted molar refractivity (Wildman–Crippen MR) is 69.4 cm³/mol. The Bertz CT molecular complexity index is 237. The molecule has 0 N–H and O–H groups in total. The fourth-order valence-corrected chi connectivity index (χ4v) is 1.66. The maximum atomic E-state index is 5.31. The summed E-state index contributed by atoms with van der Waals surface area (Å²) in [6, 6.07) is 0. The van der Waals surface area contributed by atoms with Crippen LogP contribution in [0, 0.1) is 5.92 Å². The van der Waals surface area contributed by atoms with E-state index < -0.39 is 0 Å². The molecule has 0 aromatic rings. The number of ether oxygens (including phenoxy) is 1. The Morgan fingerprint density at radius 1 is 1.31 bits per heavy atom. The average Bonchev–Trinajstić information content (AvgIpc) is 2.27. The van der Waals surface area contributed by atoms with Crippen molar-refractivity contribution in [3.8, 4) is 0 Å². The Balaban J connectivity index is 2.25. The van der Waals surface area contributed by atoms with Crippen LogP contribution in [0.3, 0.4) is 0 Å². The molecule has 0 aromatic heterocycles. The van der Waals surface area contributed by atoms with Crippen LogP contribution < -0.4 is 0 Å². The second-order valence-electron chi connectivity index (χ2n) is 4.88. The minimum atomic E-state index is 0.798. The molecule has 0 atom stereocenters. The predicted octanol–water partition coefficient (Wildman–Crippen LogP) is 3.21. The third kappa shape index (κ3) is 5.96. The van der Waals surface area contributed by atoms with Gasteiger partial charge in [-0.2, -0.15) is 0 Å². The van der Waals surface area contributed by atoms with Crippen molar-refractivity contribution in [2.75, 3.05) is 26.3 Å². The number of nitrogens with zero attached hydrogens (tertiary/aromatic N) is 1. The van der Waals surface area contributed by atoms with Crippen molar-refractivity contribution in [2.45, 2.75) is 33.6 Å². The van der Waals surface area contributed by atoms with Gasteiger partial charge in [0, 0.05) is 13.1 Å². The van der Waals surface area contributed by atoms with Gasteiger partial charge in [-0.1, -0.05) is 25.5 Å². The van der Waals surface area contributed by atoms with Crippen molar-refractivity contribution in [3.05, 3.63) is 23.9 Å². The van der Waals surface area contributed by atoms with Crippen LogP contribution in [0.1, 0.15) is 33.6 Å². The Morgan fingerprint density at radius 3 is 2.62 bits per heavy atom. The van der Waals surface area contributed by atoms with E-state index in [2.05, 4.69) is 44.0 Å². The second-order valence-corrected chi connectivity index (χ2v) is 4.88. The highest BCUT2D eigenvalue weighted by atomic mass is 16.5. The lowest BCUT2D eigenvalue weighted by Gasteiger charge is -2.25. The first-order valence-electron chi connectivity index (χ1n) is 6.35. The molecule has 92 valence electrons. The number of allylic oxidation sites excluding steroid dienone is 3. The Hall–Kier alpha value is -0.760. The second kappa shape index (κ2) is 7.50. The first-order valence-corrected chi connectivity index (χ1v) is 6.35. The fourth-order valence-electron chi connectivity index (χ4n) is 1.66. The molecule has 2 nitrogen and oxygen atoms in total. The maximum absolute atomic E-state index is 5.31. The summed E-state index contributed by atoms with van der Waals surface area (Å²) in [7, 11) is 0. The SMILES string of the molecule is CC(C=CN1CCOCC1)=CCCC(C)C. The number of rotatable bonds is 5. The molecule has 0 amide bonds. The molecule has 16 heavy (non-hydrogen) atoms. The average molecular weight is 223 g/mol. The first kappa shape index (κ1) is 13.3. The van der Waals surface area contributed by atoms with Crippen LogP contribution in [0.25, 0.3) is 0 Å². The van der Waals surface area contributed by atoms with Crippen LogP contribution in [0.15, 0.2) is 23.9 Å². The van der Waals surface area contributed by atoms with Crippen molar-refractivity contribution in [1.29, 1.82) is 0 Å². The molecular formula is C14H25NO. The van der Waals surface area contributed by atoms with E-state index in [-0.39, 0.29) is 0 Å². The van der Waals surface area contributed by atoms with Crippen molar-refractivity contribution < 1.29 is 4.74 Å². The van der Waals surface area contributed by atoms with Crippen molar-refractivity contribution >= 4 is 0 Å². The first-order chi connectivity index (χ1) is 7.68. The van der Waals surface area contributed by atoms with Crippen LogP contribution in [-0.4, -0.2) is 31.2 Å². The number of morpholine rings is 1. The molecule has 0 radical (unpaired) electrons. The van der Waals surface area contributed by atoms with E-state index in [1.54, 1.807) is 0 Å². The van der Waals surface area contributed by atoms with E-state index in [1.807, 2.05) is 0 Å². The van der Waals surface area contributed by atoms with Gasteiger partial charge in [-0.3, -0.25) is 0 Å². The van der Waals surface area contributed by atoms with Crippen LogP contribution >= 0.6 is 0 Å². The zero-order valence-corrected chi connectivity index (χ0v) is 10.9. The van der Waals surface area contributed by atoms with Gasteiger partial charge in [0.1, 0.15) is 0 Å². The van der Waals surface area contributed by atoms with Gasteiger partial charge in [0.15, 0.2) is 0 Å². The van der Waals surface area contributed by atoms with Gasteiger partial charge in [0.2, 0.25) is 0 Å². The molecule has 1 heterocycles. The summed E-state index contributed by atoms with van der Waals surface area (Å²) in [4.78, 5) is 2.32. The molecule has 1 rings (SSSR count). The molecular weight excluding hydrogens is 198 g/mol. The Morgan fingerprint density at radius 2 is 2.00 bits per heavy atom. The molecule has 0 aromatic carbocycles. The quantitative estimate of drug-likeness (QED) is 0.664. The highest BCUT2D eigenvalue weighted by Gasteiger charge is 2.04. The van der Waals surface area contributed by atoms with Gasteiger partial charge < -0.3 is 9.64 Å². The van der Waals surface area contributed by atoms with Crippen LogP contribution in [-0.2, 0) is 4.74 Å². The van der Waals surface area contributed by atoms with Gasteiger partial charge in [0.25, 0.3) is 0 Å². The zero-order valence-electron chi connectivity index (χ0n) is 10.9. The molecule has 0 aliphatic carbocycles. The van der Waals surface area contributed by atoms with Gasteiger partial charge in [-0.15, -0.1) is 0 Å². The zero-order chi connectivity index (χ0) is 11.8. The molecule has 1 aliphatic heterocycles. The Kier molecular flexibility index (Phi) is 6.24. The van der Waals surface area contributed by atoms with Crippen molar-refractivity contribution in [2.24, 2.45) is 5.92 Å². The summed E-state index contributed by atoms with van der Waals surface area (Å²) in [5.41, 5.74) is 1.37. The third-order valence-electron chi connectivity index (χ3n) is 2.80. The molecule has 2 heteroatoms. The van der Waals surface area contributed by atoms with E-state index in [1.165, 1.54) is 18.4 Å². The normalized spacial score (nSPS) is 18.8. The highest BCUT2D eigenvalue weighted by Crippen LogP contribution is 2.07. The summed E-state index contributed by atoms with van der Waals surface area (Å²) in [6.07, 6.45) is 9.21. The van der Waals surface area contributed by atoms with E-state index in [4.69, 9.17) is 4.74 Å². The maximum Gasteiger partial charge on any atom is 0.0642 e. The van der Waals surface area contributed by atoms with Crippen molar-refractivity contribution in [3.63, 3.8) is 0 Å². The van der Waals surface area contributed by atoms with Gasteiger partial charge in [-0.05, 0) is 38.0 Å². The molecule has 1 fully saturated rings. The van der Waals surface area contributed by atoms with Gasteiger partial charge >= 0.3 is 0 Å². The third-order valence-corrected chi connectivity index (χ3v) is 2.80. The van der Waals surface area contributed by atoms with E-state index in [0.717, 1.165) is 32.2 Å². The van der Waals surface area contributed by atoms with Crippen LogP contribution in [0.4, 0.5) is 0 Å². The van der Waals surface area contributed by atoms with Crippen LogP contribution in [0.2, 0.25) is 0 Å². The number of hydrogen-bond acceptors (Lipinski definition) is 2. The molecule has 0 spiro atoms. The van der Waals surface area contributed by atoms with Crippen LogP contribution in [0.5, 0.6) is 0 Å². The minimum Gasteiger partial charge on any atom is -0.378 e. The summed E-state index contributed by atoms with van der Waals surface area (Å²) in [5.74, 6) is 0.798. The molecule has 0 unspecified atom stereocenters. The van der Waals surface area contributed by atoms with E-state index >= 15 is 0 Å². The molecule has 1 aliphatic rings. The standard InChI is InChI=1S/C14H25NO/c1-13(2)5-4-6-14(3)7-8-15-9-11-16-12-10-15/h6-8,13H,4-5,9-12H2,1-3H3. The lowest BCUT2D eigenvalue weighted by atomic mass is 10.1. The summed E-state index contributed by atoms with van der Waals surface area (Å²) < 4.78 is 5.31. The minimum absolute atomic E-state index is 0.798. The largest absolute Gasteiger partial charge is 0.378 e. The summed E-state index contributed by atoms with van der Waals surface area (Å²) >= 11 is 0. The Labute approximate surface area is 100.0 Å².